The first-order valence-corrected chi connectivity index (χ1v) is 9.00. The molecule has 0 aliphatic carbocycles. The maximum absolute atomic E-state index is 11.1. The van der Waals surface area contributed by atoms with E-state index in [2.05, 4.69) is 45.9 Å². The quantitative estimate of drug-likeness (QED) is 0.877. The van der Waals surface area contributed by atoms with Gasteiger partial charge in [-0.25, -0.2) is 4.98 Å². The van der Waals surface area contributed by atoms with E-state index in [4.69, 9.17) is 4.98 Å². The van der Waals surface area contributed by atoms with Gasteiger partial charge in [0.1, 0.15) is 5.82 Å². The number of rotatable bonds is 6. The van der Waals surface area contributed by atoms with Crippen LogP contribution in [0.1, 0.15) is 62.9 Å². The highest BCUT2D eigenvalue weighted by Crippen LogP contribution is 2.32. The lowest BCUT2D eigenvalue weighted by Gasteiger charge is -2.25. The summed E-state index contributed by atoms with van der Waals surface area (Å²) < 4.78 is 2.23. The number of hydrogen-bond acceptors (Lipinski definition) is 4. The van der Waals surface area contributed by atoms with Crippen molar-refractivity contribution in [1.82, 2.24) is 24.8 Å². The molecular formula is C19H27N5O. The van der Waals surface area contributed by atoms with Crippen LogP contribution in [0.3, 0.4) is 0 Å². The average molecular weight is 341 g/mol. The number of aromatic nitrogens is 3. The number of carbonyl (C=O) groups excluding carboxylic acids is 1. The van der Waals surface area contributed by atoms with Crippen molar-refractivity contribution < 1.29 is 4.79 Å². The summed E-state index contributed by atoms with van der Waals surface area (Å²) in [5, 5.41) is 2.82. The van der Waals surface area contributed by atoms with E-state index in [1.54, 1.807) is 0 Å². The molecule has 1 atom stereocenters. The zero-order valence-electron chi connectivity index (χ0n) is 15.3. The van der Waals surface area contributed by atoms with Crippen molar-refractivity contribution in [3.8, 4) is 0 Å². The van der Waals surface area contributed by atoms with E-state index in [0.29, 0.717) is 18.6 Å². The topological polar surface area (TPSA) is 63.1 Å². The third-order valence-corrected chi connectivity index (χ3v) is 4.70. The van der Waals surface area contributed by atoms with Gasteiger partial charge >= 0.3 is 0 Å². The average Bonchev–Trinajstić information content (AvgIpc) is 3.23. The maximum Gasteiger partial charge on any atom is 0.217 e. The van der Waals surface area contributed by atoms with Gasteiger partial charge in [0.15, 0.2) is 0 Å². The van der Waals surface area contributed by atoms with Gasteiger partial charge in [0.2, 0.25) is 5.91 Å². The van der Waals surface area contributed by atoms with Gasteiger partial charge in [0, 0.05) is 25.4 Å². The molecule has 6 heteroatoms. The van der Waals surface area contributed by atoms with Crippen LogP contribution < -0.4 is 5.32 Å². The lowest BCUT2D eigenvalue weighted by Crippen LogP contribution is -2.26. The number of amides is 1. The number of imidazole rings is 1. The molecule has 1 unspecified atom stereocenters. The van der Waals surface area contributed by atoms with Crippen LogP contribution in [0.25, 0.3) is 0 Å². The lowest BCUT2D eigenvalue weighted by atomic mass is 10.1. The minimum Gasteiger partial charge on any atom is -0.351 e. The highest BCUT2D eigenvalue weighted by molar-refractivity contribution is 5.72. The molecule has 0 saturated carbocycles. The van der Waals surface area contributed by atoms with Gasteiger partial charge in [-0.15, -0.1) is 0 Å². The molecule has 2 aromatic heterocycles. The lowest BCUT2D eigenvalue weighted by molar-refractivity contribution is -0.119. The molecule has 1 saturated heterocycles. The Morgan fingerprint density at radius 1 is 1.40 bits per heavy atom. The fourth-order valence-corrected chi connectivity index (χ4v) is 3.47. The van der Waals surface area contributed by atoms with E-state index in [1.807, 2.05) is 18.3 Å². The van der Waals surface area contributed by atoms with Crippen molar-refractivity contribution in [2.45, 2.75) is 58.8 Å². The number of carbonyl (C=O) groups is 1. The van der Waals surface area contributed by atoms with Crippen LogP contribution in [0.5, 0.6) is 0 Å². The van der Waals surface area contributed by atoms with Crippen LogP contribution in [0.15, 0.2) is 30.6 Å². The monoisotopic (exact) mass is 341 g/mol. The summed E-state index contributed by atoms with van der Waals surface area (Å²) in [6, 6.07) is 6.82. The number of nitrogens with zero attached hydrogens (tertiary/aromatic N) is 4. The first-order chi connectivity index (χ1) is 12.0. The smallest absolute Gasteiger partial charge is 0.217 e. The van der Waals surface area contributed by atoms with Gasteiger partial charge in [-0.3, -0.25) is 14.7 Å². The first-order valence-electron chi connectivity index (χ1n) is 9.00. The largest absolute Gasteiger partial charge is 0.351 e. The highest BCUT2D eigenvalue weighted by atomic mass is 16.1. The van der Waals surface area contributed by atoms with Crippen molar-refractivity contribution >= 4 is 5.91 Å². The SMILES string of the molecule is CC(=O)NCc1cccc(C2CCCN2Cc2nccn2C(C)C)n1. The Bertz CT molecular complexity index is 724. The van der Waals surface area contributed by atoms with Crippen LogP contribution in [0, 0.1) is 0 Å². The van der Waals surface area contributed by atoms with E-state index in [1.165, 1.54) is 13.3 Å². The fraction of sp³-hybridized carbons (Fsp3) is 0.526. The predicted molar refractivity (Wildman–Crippen MR) is 96.8 cm³/mol. The molecule has 1 N–H and O–H groups in total. The Balaban J connectivity index is 1.74. The third-order valence-electron chi connectivity index (χ3n) is 4.70. The molecule has 1 aliphatic rings. The molecule has 25 heavy (non-hydrogen) atoms. The molecule has 2 aromatic rings. The summed E-state index contributed by atoms with van der Waals surface area (Å²) in [5.41, 5.74) is 1.99. The number of nitrogens with one attached hydrogen (secondary N) is 1. The summed E-state index contributed by atoms with van der Waals surface area (Å²) in [5.74, 6) is 1.08. The predicted octanol–water partition coefficient (Wildman–Crippen LogP) is 2.83. The van der Waals surface area contributed by atoms with Gasteiger partial charge in [-0.05, 0) is 45.4 Å². The van der Waals surface area contributed by atoms with Gasteiger partial charge < -0.3 is 9.88 Å². The second kappa shape index (κ2) is 7.78. The van der Waals surface area contributed by atoms with Crippen LogP contribution in [0.2, 0.25) is 0 Å². The molecule has 1 fully saturated rings. The van der Waals surface area contributed by atoms with E-state index in [0.717, 1.165) is 36.7 Å². The Labute approximate surface area is 149 Å². The molecule has 1 amide bonds. The third kappa shape index (κ3) is 4.25. The second-order valence-electron chi connectivity index (χ2n) is 6.94. The van der Waals surface area contributed by atoms with Crippen LogP contribution in [-0.2, 0) is 17.9 Å². The van der Waals surface area contributed by atoms with E-state index >= 15 is 0 Å². The fourth-order valence-electron chi connectivity index (χ4n) is 3.47. The normalized spacial score (nSPS) is 18.0. The number of pyridine rings is 1. The maximum atomic E-state index is 11.1. The zero-order valence-corrected chi connectivity index (χ0v) is 15.3. The summed E-state index contributed by atoms with van der Waals surface area (Å²) in [6.45, 7) is 8.27. The van der Waals surface area contributed by atoms with Crippen LogP contribution >= 0.6 is 0 Å². The van der Waals surface area contributed by atoms with E-state index in [-0.39, 0.29) is 5.91 Å². The van der Waals surface area contributed by atoms with Crippen molar-refractivity contribution in [2.75, 3.05) is 6.54 Å². The van der Waals surface area contributed by atoms with Gasteiger partial charge in [0.25, 0.3) is 0 Å². The molecule has 3 heterocycles. The number of likely N-dealkylation sites (tertiary alicyclic amines) is 1. The summed E-state index contributed by atoms with van der Waals surface area (Å²) >= 11 is 0. The van der Waals surface area contributed by atoms with Gasteiger partial charge in [-0.1, -0.05) is 6.07 Å². The first kappa shape index (κ1) is 17.6. The Morgan fingerprint density at radius 2 is 2.24 bits per heavy atom. The van der Waals surface area contributed by atoms with Crippen LogP contribution in [0.4, 0.5) is 0 Å². The zero-order chi connectivity index (χ0) is 17.8. The number of hydrogen-bond donors (Lipinski definition) is 1. The molecule has 3 rings (SSSR count). The molecular weight excluding hydrogens is 314 g/mol. The molecule has 0 spiro atoms. The second-order valence-corrected chi connectivity index (χ2v) is 6.94. The summed E-state index contributed by atoms with van der Waals surface area (Å²) in [7, 11) is 0. The van der Waals surface area contributed by atoms with Crippen molar-refractivity contribution in [3.05, 3.63) is 47.8 Å². The minimum absolute atomic E-state index is 0.0322. The Morgan fingerprint density at radius 3 is 3.00 bits per heavy atom. The van der Waals surface area contributed by atoms with Crippen molar-refractivity contribution in [1.29, 1.82) is 0 Å². The highest BCUT2D eigenvalue weighted by Gasteiger charge is 2.28. The van der Waals surface area contributed by atoms with E-state index < -0.39 is 0 Å². The molecule has 0 bridgehead atoms. The molecule has 1 aliphatic heterocycles. The van der Waals surface area contributed by atoms with Gasteiger partial charge in [-0.2, -0.15) is 0 Å². The molecule has 0 aromatic carbocycles. The summed E-state index contributed by atoms with van der Waals surface area (Å²) in [6.07, 6.45) is 6.22. The standard InChI is InChI=1S/C19H27N5O/c1-14(2)24-11-9-20-19(24)13-23-10-5-8-18(23)17-7-4-6-16(22-17)12-21-15(3)25/h4,6-7,9,11,14,18H,5,8,10,12-13H2,1-3H3,(H,21,25). The summed E-state index contributed by atoms with van der Waals surface area (Å²) in [4.78, 5) is 22.9. The van der Waals surface area contributed by atoms with E-state index in [9.17, 15) is 4.79 Å². The Hall–Kier alpha value is -2.21. The molecule has 6 nitrogen and oxygen atoms in total. The van der Waals surface area contributed by atoms with Crippen molar-refractivity contribution in [3.63, 3.8) is 0 Å². The van der Waals surface area contributed by atoms with Crippen LogP contribution in [-0.4, -0.2) is 31.9 Å². The Kier molecular flexibility index (Phi) is 5.48. The molecule has 0 radical (unpaired) electrons. The minimum atomic E-state index is -0.0322. The van der Waals surface area contributed by atoms with Gasteiger partial charge in [0.05, 0.1) is 30.5 Å². The molecule has 134 valence electrons. The van der Waals surface area contributed by atoms with Crippen molar-refractivity contribution in [2.24, 2.45) is 0 Å².